The molecule has 104 valence electrons. The van der Waals surface area contributed by atoms with Crippen molar-refractivity contribution in [2.45, 2.75) is 6.92 Å². The average molecular weight is 294 g/mol. The average Bonchev–Trinajstić information content (AvgIpc) is 2.83. The third kappa shape index (κ3) is 2.50. The van der Waals surface area contributed by atoms with Crippen LogP contribution < -0.4 is 5.01 Å². The Kier molecular flexibility index (Phi) is 3.62. The van der Waals surface area contributed by atoms with Gasteiger partial charge in [0.15, 0.2) is 0 Å². The highest BCUT2D eigenvalue weighted by molar-refractivity contribution is 7.81. The minimum absolute atomic E-state index is 0.0902. The summed E-state index contributed by atoms with van der Waals surface area (Å²) in [6.07, 6.45) is 0. The van der Waals surface area contributed by atoms with Crippen molar-refractivity contribution in [2.24, 2.45) is 11.0 Å². The zero-order valence-electron chi connectivity index (χ0n) is 11.6. The maximum absolute atomic E-state index is 12.7. The van der Waals surface area contributed by atoms with Gasteiger partial charge in [-0.2, -0.15) is 10.1 Å². The fourth-order valence-corrected chi connectivity index (χ4v) is 2.80. The Morgan fingerprint density at radius 2 is 1.62 bits per heavy atom. The number of hydrazone groups is 1. The summed E-state index contributed by atoms with van der Waals surface area (Å²) >= 11 is 5.51. The Bertz CT molecular complexity index is 710. The number of nitrogens with zero attached hydrogens (tertiary/aromatic N) is 2. The summed E-state index contributed by atoms with van der Waals surface area (Å²) in [4.78, 5) is 13.3. The van der Waals surface area contributed by atoms with Crippen LogP contribution in [-0.4, -0.2) is 16.5 Å². The van der Waals surface area contributed by atoms with Crippen LogP contribution in [0.25, 0.3) is 0 Å². The first-order chi connectivity index (χ1) is 10.2. The monoisotopic (exact) mass is 294 g/mol. The first kappa shape index (κ1) is 13.6. The van der Waals surface area contributed by atoms with E-state index in [1.54, 1.807) is 0 Å². The lowest BCUT2D eigenvalue weighted by Crippen LogP contribution is -2.32. The number of hydrogen-bond donors (Lipinski definition) is 0. The Morgan fingerprint density at radius 1 is 1.05 bits per heavy atom. The van der Waals surface area contributed by atoms with Crippen molar-refractivity contribution in [2.75, 3.05) is 5.01 Å². The molecule has 21 heavy (non-hydrogen) atoms. The zero-order valence-corrected chi connectivity index (χ0v) is 12.4. The number of para-hydroxylation sites is 1. The molecule has 0 radical (unpaired) electrons. The van der Waals surface area contributed by atoms with E-state index in [2.05, 4.69) is 5.10 Å². The second-order valence-electron chi connectivity index (χ2n) is 4.89. The predicted molar refractivity (Wildman–Crippen MR) is 88.7 cm³/mol. The van der Waals surface area contributed by atoms with Crippen molar-refractivity contribution in [1.82, 2.24) is 0 Å². The molecular weight excluding hydrogens is 280 g/mol. The summed E-state index contributed by atoms with van der Waals surface area (Å²) in [6, 6.07) is 19.0. The zero-order chi connectivity index (χ0) is 14.8. The van der Waals surface area contributed by atoms with E-state index in [0.29, 0.717) is 4.86 Å². The molecule has 1 heterocycles. The number of rotatable bonds is 3. The Balaban J connectivity index is 1.91. The van der Waals surface area contributed by atoms with E-state index in [9.17, 15) is 4.79 Å². The molecule has 3 nitrogen and oxygen atoms in total. The quantitative estimate of drug-likeness (QED) is 0.641. The van der Waals surface area contributed by atoms with Crippen LogP contribution >= 0.6 is 12.2 Å². The lowest BCUT2D eigenvalue weighted by atomic mass is 9.95. The summed E-state index contributed by atoms with van der Waals surface area (Å²) < 4.78 is 0. The number of anilines is 1. The first-order valence-electron chi connectivity index (χ1n) is 6.72. The van der Waals surface area contributed by atoms with Crippen LogP contribution in [0.3, 0.4) is 0 Å². The van der Waals surface area contributed by atoms with E-state index in [-0.39, 0.29) is 5.91 Å². The minimum Gasteiger partial charge on any atom is -0.271 e. The van der Waals surface area contributed by atoms with Gasteiger partial charge < -0.3 is 0 Å². The molecule has 1 unspecified atom stereocenters. The van der Waals surface area contributed by atoms with Crippen molar-refractivity contribution < 1.29 is 4.79 Å². The molecule has 1 aliphatic rings. The predicted octanol–water partition coefficient (Wildman–Crippen LogP) is 3.44. The van der Waals surface area contributed by atoms with Gasteiger partial charge in [0.1, 0.15) is 5.92 Å². The van der Waals surface area contributed by atoms with Gasteiger partial charge in [-0.3, -0.25) is 4.79 Å². The molecule has 1 atom stereocenters. The Morgan fingerprint density at radius 3 is 2.24 bits per heavy atom. The molecule has 0 spiro atoms. The fraction of sp³-hybridized carbons (Fsp3) is 0.118. The molecule has 2 aromatic rings. The van der Waals surface area contributed by atoms with Gasteiger partial charge in [-0.25, -0.2) is 0 Å². The van der Waals surface area contributed by atoms with Gasteiger partial charge in [0, 0.05) is 4.86 Å². The molecule has 0 saturated heterocycles. The topological polar surface area (TPSA) is 32.7 Å². The van der Waals surface area contributed by atoms with E-state index in [0.717, 1.165) is 17.0 Å². The summed E-state index contributed by atoms with van der Waals surface area (Å²) in [6.45, 7) is 1.85. The normalized spacial score (nSPS) is 17.8. The van der Waals surface area contributed by atoms with Crippen molar-refractivity contribution in [3.05, 3.63) is 66.2 Å². The first-order valence-corrected chi connectivity index (χ1v) is 7.12. The molecular formula is C17H14N2OS. The van der Waals surface area contributed by atoms with Gasteiger partial charge in [0.2, 0.25) is 0 Å². The molecule has 0 N–H and O–H groups in total. The second kappa shape index (κ2) is 5.58. The van der Waals surface area contributed by atoms with Gasteiger partial charge in [0.05, 0.1) is 11.4 Å². The lowest BCUT2D eigenvalue weighted by molar-refractivity contribution is -0.118. The van der Waals surface area contributed by atoms with E-state index >= 15 is 0 Å². The highest BCUT2D eigenvalue weighted by atomic mass is 32.1. The molecule has 3 rings (SSSR count). The number of carbonyl (C=O) groups excluding carboxylic acids is 1. The number of thiocarbonyl (C=S) groups is 1. The van der Waals surface area contributed by atoms with Gasteiger partial charge in [-0.15, -0.1) is 0 Å². The molecule has 4 heteroatoms. The number of benzene rings is 2. The summed E-state index contributed by atoms with van der Waals surface area (Å²) in [7, 11) is 0. The van der Waals surface area contributed by atoms with E-state index < -0.39 is 5.92 Å². The highest BCUT2D eigenvalue weighted by Gasteiger charge is 2.37. The highest BCUT2D eigenvalue weighted by Crippen LogP contribution is 2.26. The van der Waals surface area contributed by atoms with E-state index in [1.807, 2.05) is 67.6 Å². The van der Waals surface area contributed by atoms with Crippen molar-refractivity contribution in [3.63, 3.8) is 0 Å². The molecule has 0 fully saturated rings. The minimum atomic E-state index is -0.456. The van der Waals surface area contributed by atoms with Crippen molar-refractivity contribution in [1.29, 1.82) is 0 Å². The molecule has 1 amide bonds. The number of hydrogen-bond acceptors (Lipinski definition) is 3. The molecule has 0 bridgehead atoms. The maximum atomic E-state index is 12.7. The van der Waals surface area contributed by atoms with E-state index in [4.69, 9.17) is 12.2 Å². The van der Waals surface area contributed by atoms with Crippen LogP contribution in [0.15, 0.2) is 65.8 Å². The third-order valence-corrected chi connectivity index (χ3v) is 3.92. The Labute approximate surface area is 128 Å². The van der Waals surface area contributed by atoms with Crippen LogP contribution in [0.5, 0.6) is 0 Å². The SMILES string of the molecule is CC1=NN(c2ccccc2)C(=O)C1C(=S)c1ccccc1. The number of amides is 1. The van der Waals surface area contributed by atoms with Crippen LogP contribution in [0.2, 0.25) is 0 Å². The maximum Gasteiger partial charge on any atom is 0.261 e. The van der Waals surface area contributed by atoms with Gasteiger partial charge in [-0.1, -0.05) is 60.7 Å². The molecule has 1 aliphatic heterocycles. The molecule has 0 saturated carbocycles. The summed E-state index contributed by atoms with van der Waals surface area (Å²) in [5.74, 6) is -0.546. The smallest absolute Gasteiger partial charge is 0.261 e. The largest absolute Gasteiger partial charge is 0.271 e. The van der Waals surface area contributed by atoms with Crippen LogP contribution in [0.4, 0.5) is 5.69 Å². The third-order valence-electron chi connectivity index (χ3n) is 3.45. The van der Waals surface area contributed by atoms with Crippen LogP contribution in [0.1, 0.15) is 12.5 Å². The summed E-state index contributed by atoms with van der Waals surface area (Å²) in [5.41, 5.74) is 2.40. The second-order valence-corrected chi connectivity index (χ2v) is 5.33. The lowest BCUT2D eigenvalue weighted by Gasteiger charge is -2.15. The Hall–Kier alpha value is -2.33. The van der Waals surface area contributed by atoms with Gasteiger partial charge >= 0.3 is 0 Å². The van der Waals surface area contributed by atoms with Gasteiger partial charge in [-0.05, 0) is 24.6 Å². The number of carbonyl (C=O) groups is 1. The van der Waals surface area contributed by atoms with Crippen LogP contribution in [0, 0.1) is 5.92 Å². The standard InChI is InChI=1S/C17H14N2OS/c1-12-15(16(21)13-8-4-2-5-9-13)17(20)19(18-12)14-10-6-3-7-11-14/h2-11,15H,1H3. The van der Waals surface area contributed by atoms with Crippen LogP contribution in [-0.2, 0) is 4.79 Å². The van der Waals surface area contributed by atoms with Gasteiger partial charge in [0.25, 0.3) is 5.91 Å². The molecule has 2 aromatic carbocycles. The molecule has 0 aliphatic carbocycles. The van der Waals surface area contributed by atoms with Crippen molar-refractivity contribution >= 4 is 34.4 Å². The van der Waals surface area contributed by atoms with Crippen molar-refractivity contribution in [3.8, 4) is 0 Å². The summed E-state index contributed by atoms with van der Waals surface area (Å²) in [5, 5.41) is 5.82. The van der Waals surface area contributed by atoms with E-state index in [1.165, 1.54) is 5.01 Å². The molecule has 0 aromatic heterocycles. The fourth-order valence-electron chi connectivity index (χ4n) is 2.39.